The molecule has 0 saturated carbocycles. The number of rotatable bonds is 1. The van der Waals surface area contributed by atoms with Gasteiger partial charge in [0.25, 0.3) is 0 Å². The number of aliphatic imine (C=N–C) groups is 1. The molecule has 0 aliphatic carbocycles. The molecule has 0 radical (unpaired) electrons. The lowest BCUT2D eigenvalue weighted by atomic mass is 10.1. The van der Waals surface area contributed by atoms with Crippen LogP contribution in [0.1, 0.15) is 33.1 Å². The molecule has 1 heterocycles. The molecule has 0 bridgehead atoms. The highest BCUT2D eigenvalue weighted by Gasteiger charge is 2.11. The molecule has 3 heteroatoms. The Morgan fingerprint density at radius 2 is 1.83 bits per heavy atom. The summed E-state index contributed by atoms with van der Waals surface area (Å²) in [4.78, 5) is 6.51. The quantitative estimate of drug-likeness (QED) is 0.473. The van der Waals surface area contributed by atoms with Crippen molar-refractivity contribution in [1.82, 2.24) is 4.90 Å². The molecule has 1 rings (SSSR count). The van der Waals surface area contributed by atoms with Crippen LogP contribution in [0.15, 0.2) is 4.99 Å². The summed E-state index contributed by atoms with van der Waals surface area (Å²) in [6, 6.07) is 0.312. The molecule has 1 fully saturated rings. The van der Waals surface area contributed by atoms with Gasteiger partial charge in [0.05, 0.1) is 0 Å². The van der Waals surface area contributed by atoms with E-state index in [1.54, 1.807) is 0 Å². The highest BCUT2D eigenvalue weighted by molar-refractivity contribution is 5.78. The molecule has 0 aromatic heterocycles. The van der Waals surface area contributed by atoms with Gasteiger partial charge in [0, 0.05) is 19.1 Å². The average molecular weight is 169 g/mol. The third-order valence-electron chi connectivity index (χ3n) is 2.07. The fourth-order valence-electron chi connectivity index (χ4n) is 1.47. The lowest BCUT2D eigenvalue weighted by Crippen LogP contribution is -2.41. The van der Waals surface area contributed by atoms with Crippen LogP contribution in [0, 0.1) is 0 Å². The van der Waals surface area contributed by atoms with E-state index in [0.29, 0.717) is 6.04 Å². The van der Waals surface area contributed by atoms with Crippen LogP contribution in [0.2, 0.25) is 0 Å². The van der Waals surface area contributed by atoms with E-state index < -0.39 is 0 Å². The Bertz CT molecular complexity index is 157. The second-order valence-corrected chi connectivity index (χ2v) is 3.63. The molecule has 2 N–H and O–H groups in total. The van der Waals surface area contributed by atoms with Crippen LogP contribution in [-0.4, -0.2) is 30.0 Å². The summed E-state index contributed by atoms with van der Waals surface area (Å²) in [7, 11) is 0. The maximum Gasteiger partial charge on any atom is 0.191 e. The number of guanidine groups is 1. The Labute approximate surface area is 74.6 Å². The van der Waals surface area contributed by atoms with Crippen LogP contribution in [-0.2, 0) is 0 Å². The standard InChI is InChI=1S/C9H19N3/c1-8(2)11-9(10)12-6-4-3-5-7-12/h8H,3-7H2,1-2H3,(H2,10,11). The first-order valence-corrected chi connectivity index (χ1v) is 4.78. The topological polar surface area (TPSA) is 41.6 Å². The maximum absolute atomic E-state index is 5.83. The van der Waals surface area contributed by atoms with Crippen molar-refractivity contribution in [2.75, 3.05) is 13.1 Å². The number of hydrogen-bond acceptors (Lipinski definition) is 1. The van der Waals surface area contributed by atoms with E-state index in [1.165, 1.54) is 19.3 Å². The second kappa shape index (κ2) is 4.33. The molecular weight excluding hydrogens is 150 g/mol. The summed E-state index contributed by atoms with van der Waals surface area (Å²) in [5.41, 5.74) is 5.83. The van der Waals surface area contributed by atoms with Crippen LogP contribution in [0.25, 0.3) is 0 Å². The van der Waals surface area contributed by atoms with Crippen molar-refractivity contribution in [3.05, 3.63) is 0 Å². The van der Waals surface area contributed by atoms with E-state index in [4.69, 9.17) is 5.73 Å². The molecule has 0 atom stereocenters. The minimum atomic E-state index is 0.312. The highest BCUT2D eigenvalue weighted by Crippen LogP contribution is 2.08. The first-order valence-electron chi connectivity index (χ1n) is 4.78. The van der Waals surface area contributed by atoms with Gasteiger partial charge in [-0.15, -0.1) is 0 Å². The second-order valence-electron chi connectivity index (χ2n) is 3.63. The minimum Gasteiger partial charge on any atom is -0.370 e. The maximum atomic E-state index is 5.83. The SMILES string of the molecule is CC(C)N=C(N)N1CCCCC1. The molecule has 0 unspecified atom stereocenters. The third kappa shape index (κ3) is 2.72. The third-order valence-corrected chi connectivity index (χ3v) is 2.07. The minimum absolute atomic E-state index is 0.312. The predicted molar refractivity (Wildman–Crippen MR) is 52.2 cm³/mol. The molecular formula is C9H19N3. The van der Waals surface area contributed by atoms with Gasteiger partial charge in [0.1, 0.15) is 0 Å². The fourth-order valence-corrected chi connectivity index (χ4v) is 1.47. The molecule has 0 aromatic rings. The summed E-state index contributed by atoms with van der Waals surface area (Å²) in [5.74, 6) is 0.727. The van der Waals surface area contributed by atoms with Crippen molar-refractivity contribution in [2.45, 2.75) is 39.2 Å². The van der Waals surface area contributed by atoms with Crippen molar-refractivity contribution >= 4 is 5.96 Å². The van der Waals surface area contributed by atoms with Gasteiger partial charge in [-0.3, -0.25) is 4.99 Å². The number of piperidine rings is 1. The van der Waals surface area contributed by atoms with Crippen LogP contribution < -0.4 is 5.73 Å². The molecule has 1 aliphatic rings. The van der Waals surface area contributed by atoms with Gasteiger partial charge in [0.15, 0.2) is 5.96 Å². The molecule has 12 heavy (non-hydrogen) atoms. The Kier molecular flexibility index (Phi) is 3.38. The van der Waals surface area contributed by atoms with Gasteiger partial charge >= 0.3 is 0 Å². The fraction of sp³-hybridized carbons (Fsp3) is 0.889. The number of nitrogens with two attached hydrogens (primary N) is 1. The van der Waals surface area contributed by atoms with Crippen LogP contribution in [0.3, 0.4) is 0 Å². The Morgan fingerprint density at radius 3 is 2.33 bits per heavy atom. The molecule has 3 nitrogen and oxygen atoms in total. The van der Waals surface area contributed by atoms with Gasteiger partial charge < -0.3 is 10.6 Å². The number of likely N-dealkylation sites (tertiary alicyclic amines) is 1. The monoisotopic (exact) mass is 169 g/mol. The zero-order chi connectivity index (χ0) is 8.97. The van der Waals surface area contributed by atoms with Crippen molar-refractivity contribution in [3.8, 4) is 0 Å². The first kappa shape index (κ1) is 9.36. The largest absolute Gasteiger partial charge is 0.370 e. The molecule has 70 valence electrons. The highest BCUT2D eigenvalue weighted by atomic mass is 15.3. The average Bonchev–Trinajstić information content (AvgIpc) is 2.05. The molecule has 0 aromatic carbocycles. The molecule has 1 saturated heterocycles. The van der Waals surface area contributed by atoms with E-state index in [-0.39, 0.29) is 0 Å². The lowest BCUT2D eigenvalue weighted by Gasteiger charge is -2.27. The lowest BCUT2D eigenvalue weighted by molar-refractivity contribution is 0.337. The summed E-state index contributed by atoms with van der Waals surface area (Å²) in [6.07, 6.45) is 3.86. The van der Waals surface area contributed by atoms with Gasteiger partial charge in [-0.05, 0) is 33.1 Å². The molecule has 0 amide bonds. The summed E-state index contributed by atoms with van der Waals surface area (Å²) in [6.45, 7) is 6.28. The van der Waals surface area contributed by atoms with E-state index in [2.05, 4.69) is 23.7 Å². The first-order chi connectivity index (χ1) is 5.70. The van der Waals surface area contributed by atoms with Crippen LogP contribution in [0.5, 0.6) is 0 Å². The Hall–Kier alpha value is -0.730. The normalized spacial score (nSPS) is 20.2. The zero-order valence-corrected chi connectivity index (χ0v) is 8.08. The van der Waals surface area contributed by atoms with E-state index in [1.807, 2.05) is 0 Å². The molecule has 0 spiro atoms. The van der Waals surface area contributed by atoms with Crippen molar-refractivity contribution in [1.29, 1.82) is 0 Å². The van der Waals surface area contributed by atoms with E-state index >= 15 is 0 Å². The Balaban J connectivity index is 2.44. The van der Waals surface area contributed by atoms with Gasteiger partial charge in [0.2, 0.25) is 0 Å². The van der Waals surface area contributed by atoms with Crippen LogP contribution >= 0.6 is 0 Å². The Morgan fingerprint density at radius 1 is 1.25 bits per heavy atom. The molecule has 1 aliphatic heterocycles. The number of nitrogens with zero attached hydrogens (tertiary/aromatic N) is 2. The van der Waals surface area contributed by atoms with Crippen LogP contribution in [0.4, 0.5) is 0 Å². The zero-order valence-electron chi connectivity index (χ0n) is 8.08. The van der Waals surface area contributed by atoms with Gasteiger partial charge in [-0.2, -0.15) is 0 Å². The van der Waals surface area contributed by atoms with Crippen molar-refractivity contribution in [3.63, 3.8) is 0 Å². The van der Waals surface area contributed by atoms with Crippen molar-refractivity contribution in [2.24, 2.45) is 10.7 Å². The van der Waals surface area contributed by atoms with Gasteiger partial charge in [-0.1, -0.05) is 0 Å². The van der Waals surface area contributed by atoms with E-state index in [0.717, 1.165) is 19.0 Å². The summed E-state index contributed by atoms with van der Waals surface area (Å²) >= 11 is 0. The van der Waals surface area contributed by atoms with Crippen molar-refractivity contribution < 1.29 is 0 Å². The predicted octanol–water partition coefficient (Wildman–Crippen LogP) is 1.20. The number of hydrogen-bond donors (Lipinski definition) is 1. The van der Waals surface area contributed by atoms with E-state index in [9.17, 15) is 0 Å². The smallest absolute Gasteiger partial charge is 0.191 e. The summed E-state index contributed by atoms with van der Waals surface area (Å²) in [5, 5.41) is 0. The summed E-state index contributed by atoms with van der Waals surface area (Å²) < 4.78 is 0. The van der Waals surface area contributed by atoms with Gasteiger partial charge in [-0.25, -0.2) is 0 Å².